The molecule has 1 saturated carbocycles. The number of hydrogen-bond acceptors (Lipinski definition) is 3. The number of para-hydroxylation sites is 1. The van der Waals surface area contributed by atoms with E-state index in [1.165, 1.54) is 32.6 Å². The average molecular weight is 320 g/mol. The van der Waals surface area contributed by atoms with Crippen molar-refractivity contribution in [2.75, 3.05) is 27.2 Å². The predicted molar refractivity (Wildman–Crippen MR) is 91.3 cm³/mol. The molecule has 23 heavy (non-hydrogen) atoms. The second-order valence-corrected chi connectivity index (χ2v) is 7.40. The van der Waals surface area contributed by atoms with Crippen LogP contribution in [0.4, 0.5) is 0 Å². The van der Waals surface area contributed by atoms with E-state index < -0.39 is 0 Å². The number of carbonyl (C=O) groups is 1. The van der Waals surface area contributed by atoms with Gasteiger partial charge in [-0.25, -0.2) is 0 Å². The molecule has 3 rings (SSSR count). The Balaban J connectivity index is 0.000000168. The molecule has 2 fully saturated rings. The molecular weight excluding hydrogens is 290 g/mol. The minimum absolute atomic E-state index is 0.155. The Morgan fingerprint density at radius 1 is 1.17 bits per heavy atom. The van der Waals surface area contributed by atoms with E-state index in [1.54, 1.807) is 6.07 Å². The van der Waals surface area contributed by atoms with E-state index >= 15 is 0 Å². The highest BCUT2D eigenvalue weighted by Gasteiger charge is 2.32. The first-order chi connectivity index (χ1) is 10.9. The Labute approximate surface area is 139 Å². The number of phenolic OH excluding ortho intramolecular Hbond substituents is 1. The molecule has 1 heterocycles. The number of nitrogens with zero attached hydrogens (tertiary/aromatic N) is 1. The molecule has 0 spiro atoms. The molecule has 1 atom stereocenters. The highest BCUT2D eigenvalue weighted by Crippen LogP contribution is 2.37. The number of rotatable bonds is 2. The molecule has 128 valence electrons. The molecule has 1 saturated heterocycles. The first-order valence-corrected chi connectivity index (χ1v) is 8.64. The van der Waals surface area contributed by atoms with Gasteiger partial charge in [-0.3, -0.25) is 4.79 Å². The number of likely N-dealkylation sites (N-methyl/N-ethyl adjacent to an activating group) is 1. The molecule has 1 aliphatic heterocycles. The van der Waals surface area contributed by atoms with Gasteiger partial charge in [0.05, 0.1) is 20.6 Å². The van der Waals surface area contributed by atoms with Gasteiger partial charge >= 0.3 is 5.97 Å². The maximum absolute atomic E-state index is 10.6. The minimum Gasteiger partial charge on any atom is -0.508 e. The van der Waals surface area contributed by atoms with E-state index in [1.807, 2.05) is 18.2 Å². The second-order valence-electron chi connectivity index (χ2n) is 7.40. The van der Waals surface area contributed by atoms with Crippen molar-refractivity contribution in [3.8, 4) is 5.75 Å². The van der Waals surface area contributed by atoms with Gasteiger partial charge in [0.25, 0.3) is 0 Å². The van der Waals surface area contributed by atoms with Gasteiger partial charge in [0.2, 0.25) is 0 Å². The van der Waals surface area contributed by atoms with E-state index in [2.05, 4.69) is 14.1 Å². The summed E-state index contributed by atoms with van der Waals surface area (Å²) in [6.45, 7) is 3.54. The van der Waals surface area contributed by atoms with E-state index in [4.69, 9.17) is 4.74 Å². The zero-order valence-corrected chi connectivity index (χ0v) is 14.6. The van der Waals surface area contributed by atoms with Crippen molar-refractivity contribution in [3.05, 3.63) is 29.8 Å². The fourth-order valence-electron chi connectivity index (χ4n) is 3.63. The fraction of sp³-hybridized carbons (Fsp3) is 0.632. The largest absolute Gasteiger partial charge is 0.508 e. The van der Waals surface area contributed by atoms with Crippen LogP contribution in [0.5, 0.6) is 5.75 Å². The standard InChI is InChI=1S/C11H14O.C8H16NO2/c12-11-8-4-3-7-10(11)9-5-1-2-6-9;1-7(10)11-8-4-5-9(2,3)6-8/h3-4,7-9,12H,1-2,5-6H2;8H,4-6H2,1-3H3/q;+1. The topological polar surface area (TPSA) is 46.5 Å². The summed E-state index contributed by atoms with van der Waals surface area (Å²) in [4.78, 5) is 10.6. The molecule has 1 N–H and O–H groups in total. The smallest absolute Gasteiger partial charge is 0.303 e. The highest BCUT2D eigenvalue weighted by atomic mass is 16.5. The minimum atomic E-state index is -0.156. The second kappa shape index (κ2) is 7.82. The first kappa shape index (κ1) is 17.8. The van der Waals surface area contributed by atoms with E-state index in [9.17, 15) is 9.90 Å². The molecule has 1 aromatic carbocycles. The van der Waals surface area contributed by atoms with Crippen LogP contribution in [0.3, 0.4) is 0 Å². The number of ether oxygens (including phenoxy) is 1. The number of likely N-dealkylation sites (tertiary alicyclic amines) is 1. The molecular formula is C19H30NO3+. The summed E-state index contributed by atoms with van der Waals surface area (Å²) >= 11 is 0. The lowest BCUT2D eigenvalue weighted by Crippen LogP contribution is -2.37. The maximum Gasteiger partial charge on any atom is 0.303 e. The Bertz CT molecular complexity index is 521. The zero-order valence-electron chi connectivity index (χ0n) is 14.6. The number of phenols is 1. The van der Waals surface area contributed by atoms with Crippen molar-refractivity contribution in [2.45, 2.75) is 51.0 Å². The molecule has 1 aliphatic carbocycles. The quantitative estimate of drug-likeness (QED) is 0.670. The fourth-order valence-corrected chi connectivity index (χ4v) is 3.63. The number of carbonyl (C=O) groups excluding carboxylic acids is 1. The highest BCUT2D eigenvalue weighted by molar-refractivity contribution is 5.66. The van der Waals surface area contributed by atoms with Crippen molar-refractivity contribution in [1.29, 1.82) is 0 Å². The molecule has 1 aromatic rings. The van der Waals surface area contributed by atoms with Gasteiger partial charge in [0.15, 0.2) is 6.10 Å². The summed E-state index contributed by atoms with van der Waals surface area (Å²) in [5, 5.41) is 9.57. The molecule has 4 nitrogen and oxygen atoms in total. The van der Waals surface area contributed by atoms with Crippen LogP contribution in [0.25, 0.3) is 0 Å². The van der Waals surface area contributed by atoms with E-state index in [0.29, 0.717) is 11.7 Å². The molecule has 0 radical (unpaired) electrons. The molecule has 1 unspecified atom stereocenters. The third-order valence-electron chi connectivity index (χ3n) is 4.82. The molecule has 4 heteroatoms. The van der Waals surface area contributed by atoms with Crippen molar-refractivity contribution >= 4 is 5.97 Å². The molecule has 0 amide bonds. The third-order valence-corrected chi connectivity index (χ3v) is 4.82. The summed E-state index contributed by atoms with van der Waals surface area (Å²) in [5.41, 5.74) is 1.15. The maximum atomic E-state index is 10.6. The lowest BCUT2D eigenvalue weighted by molar-refractivity contribution is -0.879. The Morgan fingerprint density at radius 3 is 2.35 bits per heavy atom. The van der Waals surface area contributed by atoms with Crippen molar-refractivity contribution in [2.24, 2.45) is 0 Å². The number of quaternary nitrogens is 1. The van der Waals surface area contributed by atoms with Gasteiger partial charge in [0, 0.05) is 13.3 Å². The van der Waals surface area contributed by atoms with Crippen molar-refractivity contribution in [1.82, 2.24) is 0 Å². The van der Waals surface area contributed by atoms with Crippen LogP contribution in [0.15, 0.2) is 24.3 Å². The first-order valence-electron chi connectivity index (χ1n) is 8.64. The van der Waals surface area contributed by atoms with Gasteiger partial charge in [-0.1, -0.05) is 31.0 Å². The summed E-state index contributed by atoms with van der Waals surface area (Å²) in [6, 6.07) is 7.72. The number of esters is 1. The van der Waals surface area contributed by atoms with Crippen LogP contribution in [0, 0.1) is 0 Å². The lowest BCUT2D eigenvalue weighted by Gasteiger charge is -2.22. The zero-order chi connectivity index (χ0) is 16.9. The van der Waals surface area contributed by atoms with Crippen LogP contribution < -0.4 is 0 Å². The van der Waals surface area contributed by atoms with E-state index in [0.717, 1.165) is 29.6 Å². The Hall–Kier alpha value is -1.55. The predicted octanol–water partition coefficient (Wildman–Crippen LogP) is 3.45. The molecule has 0 bridgehead atoms. The van der Waals surface area contributed by atoms with Crippen LogP contribution in [0.2, 0.25) is 0 Å². The normalized spacial score (nSPS) is 23.2. The van der Waals surface area contributed by atoms with Crippen molar-refractivity contribution < 1.29 is 19.1 Å². The number of benzene rings is 1. The van der Waals surface area contributed by atoms with Crippen LogP contribution in [-0.2, 0) is 9.53 Å². The third kappa shape index (κ3) is 5.54. The number of hydrogen-bond donors (Lipinski definition) is 1. The monoisotopic (exact) mass is 320 g/mol. The van der Waals surface area contributed by atoms with Crippen LogP contribution >= 0.6 is 0 Å². The molecule has 0 aromatic heterocycles. The van der Waals surface area contributed by atoms with Crippen molar-refractivity contribution in [3.63, 3.8) is 0 Å². The average Bonchev–Trinajstić information content (AvgIpc) is 3.09. The van der Waals surface area contributed by atoms with E-state index in [-0.39, 0.29) is 12.1 Å². The summed E-state index contributed by atoms with van der Waals surface area (Å²) in [7, 11) is 4.31. The van der Waals surface area contributed by atoms with Crippen LogP contribution in [-0.4, -0.2) is 48.8 Å². The molecule has 2 aliphatic rings. The van der Waals surface area contributed by atoms with Gasteiger partial charge in [-0.05, 0) is 30.4 Å². The lowest BCUT2D eigenvalue weighted by atomic mass is 9.97. The number of aromatic hydroxyl groups is 1. The van der Waals surface area contributed by atoms with Gasteiger partial charge in [-0.15, -0.1) is 0 Å². The Morgan fingerprint density at radius 2 is 1.83 bits per heavy atom. The van der Waals surface area contributed by atoms with Gasteiger partial charge in [0.1, 0.15) is 12.3 Å². The van der Waals surface area contributed by atoms with Crippen LogP contribution in [0.1, 0.15) is 50.5 Å². The summed E-state index contributed by atoms with van der Waals surface area (Å²) in [5.74, 6) is 0.938. The van der Waals surface area contributed by atoms with Gasteiger partial charge < -0.3 is 14.3 Å². The summed E-state index contributed by atoms with van der Waals surface area (Å²) < 4.78 is 6.06. The SMILES string of the molecule is CC(=O)OC1CC[N+](C)(C)C1.Oc1ccccc1C1CCCC1. The Kier molecular flexibility index (Phi) is 6.05. The van der Waals surface area contributed by atoms with Gasteiger partial charge in [-0.2, -0.15) is 0 Å². The summed E-state index contributed by atoms with van der Waals surface area (Å²) in [6.07, 6.45) is 6.29.